The zero-order chi connectivity index (χ0) is 17.7. The lowest BCUT2D eigenvalue weighted by Gasteiger charge is -2.14. The molecule has 1 unspecified atom stereocenters. The highest BCUT2D eigenvalue weighted by atomic mass is 35.5. The summed E-state index contributed by atoms with van der Waals surface area (Å²) in [4.78, 5) is 12.9. The number of carbonyl (C=O) groups excluding carboxylic acids is 1. The molecule has 2 aromatic carbocycles. The van der Waals surface area contributed by atoms with Gasteiger partial charge in [0.25, 0.3) is 5.91 Å². The molecule has 24 heavy (non-hydrogen) atoms. The van der Waals surface area contributed by atoms with Crippen molar-refractivity contribution >= 4 is 23.2 Å². The average Bonchev–Trinajstić information content (AvgIpc) is 2.49. The first-order valence-electron chi connectivity index (χ1n) is 7.27. The molecule has 0 aromatic heterocycles. The summed E-state index contributed by atoms with van der Waals surface area (Å²) in [6.07, 6.45) is -4.43. The molecule has 0 spiro atoms. The Kier molecular flexibility index (Phi) is 5.85. The number of benzene rings is 2. The van der Waals surface area contributed by atoms with Crippen molar-refractivity contribution in [2.24, 2.45) is 0 Å². The Bertz CT molecular complexity index is 702. The molecule has 0 radical (unpaired) electrons. The lowest BCUT2D eigenvalue weighted by Crippen LogP contribution is -3.08. The zero-order valence-corrected chi connectivity index (χ0v) is 13.7. The maximum Gasteiger partial charge on any atom is 0.416 e. The second-order valence-corrected chi connectivity index (χ2v) is 6.00. The fourth-order valence-electron chi connectivity index (χ4n) is 2.27. The average molecular weight is 358 g/mol. The number of nitrogens with one attached hydrogen (secondary N) is 2. The van der Waals surface area contributed by atoms with Crippen LogP contribution >= 0.6 is 11.6 Å². The van der Waals surface area contributed by atoms with Gasteiger partial charge in [0.1, 0.15) is 6.54 Å². The number of carbonyl (C=O) groups is 1. The third kappa shape index (κ3) is 5.54. The summed E-state index contributed by atoms with van der Waals surface area (Å²) < 4.78 is 38.0. The normalized spacial score (nSPS) is 12.7. The van der Waals surface area contributed by atoms with Gasteiger partial charge in [-0.1, -0.05) is 29.8 Å². The SMILES string of the molecule is C[NH+](CC(=O)Nc1cccc(C(F)(F)F)c1)Cc1ccc(Cl)cc1. The minimum atomic E-state index is -4.43. The van der Waals surface area contributed by atoms with Crippen molar-refractivity contribution in [2.75, 3.05) is 18.9 Å². The molecule has 1 atom stereocenters. The molecule has 0 fully saturated rings. The van der Waals surface area contributed by atoms with Gasteiger partial charge < -0.3 is 10.2 Å². The van der Waals surface area contributed by atoms with Gasteiger partial charge in [-0.05, 0) is 30.3 Å². The van der Waals surface area contributed by atoms with E-state index in [1.54, 1.807) is 12.1 Å². The molecule has 1 amide bonds. The van der Waals surface area contributed by atoms with Crippen molar-refractivity contribution < 1.29 is 22.9 Å². The van der Waals surface area contributed by atoms with Gasteiger partial charge in [0.15, 0.2) is 6.54 Å². The lowest BCUT2D eigenvalue weighted by atomic mass is 10.2. The summed E-state index contributed by atoms with van der Waals surface area (Å²) in [7, 11) is 1.83. The van der Waals surface area contributed by atoms with Crippen LogP contribution in [0.15, 0.2) is 48.5 Å². The van der Waals surface area contributed by atoms with E-state index in [-0.39, 0.29) is 18.1 Å². The highest BCUT2D eigenvalue weighted by molar-refractivity contribution is 6.30. The fourth-order valence-corrected chi connectivity index (χ4v) is 2.39. The third-order valence-corrected chi connectivity index (χ3v) is 3.61. The van der Waals surface area contributed by atoms with Crippen molar-refractivity contribution in [1.82, 2.24) is 0 Å². The van der Waals surface area contributed by atoms with Crippen LogP contribution in [-0.4, -0.2) is 19.5 Å². The second-order valence-electron chi connectivity index (χ2n) is 5.56. The maximum absolute atomic E-state index is 12.7. The van der Waals surface area contributed by atoms with E-state index >= 15 is 0 Å². The predicted octanol–water partition coefficient (Wildman–Crippen LogP) is 3.01. The molecular formula is C17H17ClF3N2O+. The topological polar surface area (TPSA) is 33.5 Å². The summed E-state index contributed by atoms with van der Waals surface area (Å²) in [6, 6.07) is 11.9. The van der Waals surface area contributed by atoms with Gasteiger partial charge in [-0.3, -0.25) is 4.79 Å². The van der Waals surface area contributed by atoms with E-state index in [0.29, 0.717) is 11.6 Å². The minimum absolute atomic E-state index is 0.133. The predicted molar refractivity (Wildman–Crippen MR) is 87.0 cm³/mol. The molecule has 0 saturated heterocycles. The van der Waals surface area contributed by atoms with E-state index < -0.39 is 11.7 Å². The first-order valence-corrected chi connectivity index (χ1v) is 7.64. The summed E-state index contributed by atoms with van der Waals surface area (Å²) in [5.41, 5.74) is 0.361. The Morgan fingerprint density at radius 2 is 1.83 bits per heavy atom. The monoisotopic (exact) mass is 357 g/mol. The van der Waals surface area contributed by atoms with E-state index in [0.717, 1.165) is 22.6 Å². The molecule has 0 heterocycles. The van der Waals surface area contributed by atoms with Crippen LogP contribution in [0, 0.1) is 0 Å². The quantitative estimate of drug-likeness (QED) is 0.847. The molecule has 0 aliphatic heterocycles. The van der Waals surface area contributed by atoms with E-state index in [1.165, 1.54) is 12.1 Å². The molecule has 2 N–H and O–H groups in total. The maximum atomic E-state index is 12.7. The van der Waals surface area contributed by atoms with Crippen LogP contribution in [-0.2, 0) is 17.5 Å². The molecule has 128 valence electrons. The smallest absolute Gasteiger partial charge is 0.326 e. The first-order chi connectivity index (χ1) is 11.2. The number of amides is 1. The largest absolute Gasteiger partial charge is 0.416 e. The second kappa shape index (κ2) is 7.68. The van der Waals surface area contributed by atoms with Gasteiger partial charge in [-0.15, -0.1) is 0 Å². The number of quaternary nitrogens is 1. The third-order valence-electron chi connectivity index (χ3n) is 3.36. The molecule has 0 bridgehead atoms. The molecular weight excluding hydrogens is 341 g/mol. The van der Waals surface area contributed by atoms with E-state index in [2.05, 4.69) is 5.32 Å². The fraction of sp³-hybridized carbons (Fsp3) is 0.235. The van der Waals surface area contributed by atoms with Crippen molar-refractivity contribution in [3.63, 3.8) is 0 Å². The molecule has 3 nitrogen and oxygen atoms in total. The Labute approximate surface area is 143 Å². The van der Waals surface area contributed by atoms with Crippen LogP contribution < -0.4 is 10.2 Å². The molecule has 2 aromatic rings. The van der Waals surface area contributed by atoms with Gasteiger partial charge >= 0.3 is 6.18 Å². The summed E-state index contributed by atoms with van der Waals surface area (Å²) in [5.74, 6) is -0.346. The van der Waals surface area contributed by atoms with Crippen LogP contribution in [0.4, 0.5) is 18.9 Å². The molecule has 7 heteroatoms. The van der Waals surface area contributed by atoms with Crippen molar-refractivity contribution in [3.05, 3.63) is 64.7 Å². The first kappa shape index (κ1) is 18.3. The highest BCUT2D eigenvalue weighted by Gasteiger charge is 2.30. The van der Waals surface area contributed by atoms with Crippen LogP contribution in [0.3, 0.4) is 0 Å². The molecule has 0 aliphatic rings. The molecule has 0 saturated carbocycles. The number of rotatable bonds is 5. The van der Waals surface area contributed by atoms with Crippen molar-refractivity contribution in [3.8, 4) is 0 Å². The van der Waals surface area contributed by atoms with Crippen LogP contribution in [0.2, 0.25) is 5.02 Å². The Balaban J connectivity index is 1.92. The summed E-state index contributed by atoms with van der Waals surface area (Å²) >= 11 is 5.82. The van der Waals surface area contributed by atoms with Crippen molar-refractivity contribution in [1.29, 1.82) is 0 Å². The van der Waals surface area contributed by atoms with E-state index in [9.17, 15) is 18.0 Å². The van der Waals surface area contributed by atoms with Gasteiger partial charge in [0.2, 0.25) is 0 Å². The van der Waals surface area contributed by atoms with Crippen LogP contribution in [0.5, 0.6) is 0 Å². The Hall–Kier alpha value is -2.05. The van der Waals surface area contributed by atoms with Gasteiger partial charge in [0.05, 0.1) is 12.6 Å². The lowest BCUT2D eigenvalue weighted by molar-refractivity contribution is -0.885. The number of hydrogen-bond acceptors (Lipinski definition) is 1. The van der Waals surface area contributed by atoms with E-state index in [1.807, 2.05) is 19.2 Å². The number of halogens is 4. The van der Waals surface area contributed by atoms with Crippen LogP contribution in [0.25, 0.3) is 0 Å². The highest BCUT2D eigenvalue weighted by Crippen LogP contribution is 2.30. The standard InChI is InChI=1S/C17H16ClF3N2O/c1-23(10-12-5-7-14(18)8-6-12)11-16(24)22-15-4-2-3-13(9-15)17(19,20)21/h2-9H,10-11H2,1H3,(H,22,24)/p+1. The number of hydrogen-bond donors (Lipinski definition) is 2. The number of anilines is 1. The van der Waals surface area contributed by atoms with Crippen molar-refractivity contribution in [2.45, 2.75) is 12.7 Å². The molecule has 2 rings (SSSR count). The van der Waals surface area contributed by atoms with Gasteiger partial charge in [0, 0.05) is 16.3 Å². The summed E-state index contributed by atoms with van der Waals surface area (Å²) in [5, 5.41) is 3.14. The Morgan fingerprint density at radius 1 is 1.17 bits per heavy atom. The minimum Gasteiger partial charge on any atom is -0.326 e. The molecule has 0 aliphatic carbocycles. The van der Waals surface area contributed by atoms with Gasteiger partial charge in [-0.2, -0.15) is 13.2 Å². The summed E-state index contributed by atoms with van der Waals surface area (Å²) in [6.45, 7) is 0.742. The van der Waals surface area contributed by atoms with Crippen LogP contribution in [0.1, 0.15) is 11.1 Å². The zero-order valence-electron chi connectivity index (χ0n) is 13.0. The van der Waals surface area contributed by atoms with Gasteiger partial charge in [-0.25, -0.2) is 0 Å². The van der Waals surface area contributed by atoms with E-state index in [4.69, 9.17) is 11.6 Å². The Morgan fingerprint density at radius 3 is 2.46 bits per heavy atom. The number of likely N-dealkylation sites (N-methyl/N-ethyl adjacent to an activating group) is 1. The number of alkyl halides is 3.